The van der Waals surface area contributed by atoms with Crippen LogP contribution in [0.1, 0.15) is 19.4 Å². The number of hydrogen-bond acceptors (Lipinski definition) is 6. The normalized spacial score (nSPS) is 11.2. The minimum Gasteiger partial charge on any atom is -0.496 e. The highest BCUT2D eigenvalue weighted by Crippen LogP contribution is 2.28. The van der Waals surface area contributed by atoms with Crippen LogP contribution in [0.15, 0.2) is 47.4 Å². The number of carbonyl (C=O) groups excluding carboxylic acids is 1. The van der Waals surface area contributed by atoms with E-state index in [2.05, 4.69) is 4.74 Å². The Labute approximate surface area is 165 Å². The summed E-state index contributed by atoms with van der Waals surface area (Å²) in [6.45, 7) is 5.09. The molecular formula is C20H25NO6S. The highest BCUT2D eigenvalue weighted by molar-refractivity contribution is 7.92. The topological polar surface area (TPSA) is 82.1 Å². The van der Waals surface area contributed by atoms with Gasteiger partial charge in [0.2, 0.25) is 0 Å². The van der Waals surface area contributed by atoms with E-state index in [1.807, 2.05) is 13.8 Å². The predicted molar refractivity (Wildman–Crippen MR) is 106 cm³/mol. The number of hydrogen-bond donors (Lipinski definition) is 0. The number of carbonyl (C=O) groups is 1. The van der Waals surface area contributed by atoms with Gasteiger partial charge in [0.25, 0.3) is 10.0 Å². The van der Waals surface area contributed by atoms with Crippen LogP contribution in [0.2, 0.25) is 0 Å². The standard InChI is InChI=1S/C20H25NO6S/c1-14(2)27-17-8-6-16(7-9-17)21(13-20(22)26-5)28(23,24)18-10-11-19(25-4)15(3)12-18/h6-12,14H,13H2,1-5H3. The van der Waals surface area contributed by atoms with Crippen LogP contribution in [0.4, 0.5) is 5.69 Å². The lowest BCUT2D eigenvalue weighted by Crippen LogP contribution is -2.36. The van der Waals surface area contributed by atoms with E-state index in [0.29, 0.717) is 22.7 Å². The molecule has 0 unspecified atom stereocenters. The van der Waals surface area contributed by atoms with Gasteiger partial charge in [-0.2, -0.15) is 0 Å². The summed E-state index contributed by atoms with van der Waals surface area (Å²) in [5.41, 5.74) is 0.997. The summed E-state index contributed by atoms with van der Waals surface area (Å²) in [5, 5.41) is 0. The van der Waals surface area contributed by atoms with Crippen molar-refractivity contribution in [1.29, 1.82) is 0 Å². The van der Waals surface area contributed by atoms with Crippen molar-refractivity contribution in [2.24, 2.45) is 0 Å². The van der Waals surface area contributed by atoms with Crippen molar-refractivity contribution >= 4 is 21.7 Å². The molecule has 0 spiro atoms. The van der Waals surface area contributed by atoms with Crippen LogP contribution < -0.4 is 13.8 Å². The van der Waals surface area contributed by atoms with Crippen LogP contribution >= 0.6 is 0 Å². The Morgan fingerprint density at radius 1 is 1.07 bits per heavy atom. The van der Waals surface area contributed by atoms with E-state index in [9.17, 15) is 13.2 Å². The quantitative estimate of drug-likeness (QED) is 0.625. The van der Waals surface area contributed by atoms with E-state index in [-0.39, 0.29) is 11.0 Å². The molecule has 8 heteroatoms. The van der Waals surface area contributed by atoms with Crippen molar-refractivity contribution in [3.8, 4) is 11.5 Å². The lowest BCUT2D eigenvalue weighted by Gasteiger charge is -2.24. The summed E-state index contributed by atoms with van der Waals surface area (Å²) in [4.78, 5) is 11.9. The van der Waals surface area contributed by atoms with Gasteiger partial charge < -0.3 is 14.2 Å². The number of ether oxygens (including phenoxy) is 3. The molecule has 0 aromatic heterocycles. The largest absolute Gasteiger partial charge is 0.496 e. The van der Waals surface area contributed by atoms with Gasteiger partial charge in [0, 0.05) is 0 Å². The Bertz CT molecular complexity index is 922. The Balaban J connectivity index is 2.47. The molecule has 0 saturated carbocycles. The molecule has 152 valence electrons. The zero-order valence-electron chi connectivity index (χ0n) is 16.6. The maximum atomic E-state index is 13.2. The molecule has 0 aliphatic heterocycles. The van der Waals surface area contributed by atoms with Crippen LogP contribution in [0.5, 0.6) is 11.5 Å². The fourth-order valence-corrected chi connectivity index (χ4v) is 4.09. The SMILES string of the molecule is COC(=O)CN(c1ccc(OC(C)C)cc1)S(=O)(=O)c1ccc(OC)c(C)c1. The molecule has 2 rings (SSSR count). The molecule has 2 aromatic carbocycles. The van der Waals surface area contributed by atoms with Gasteiger partial charge in [0.1, 0.15) is 18.0 Å². The first-order valence-electron chi connectivity index (χ1n) is 8.70. The summed E-state index contributed by atoms with van der Waals surface area (Å²) in [5.74, 6) is 0.513. The summed E-state index contributed by atoms with van der Waals surface area (Å²) in [6.07, 6.45) is -0.0111. The molecule has 0 atom stereocenters. The second-order valence-corrected chi connectivity index (χ2v) is 8.24. The van der Waals surface area contributed by atoms with Gasteiger partial charge in [-0.25, -0.2) is 8.42 Å². The van der Waals surface area contributed by atoms with Crippen molar-refractivity contribution in [3.05, 3.63) is 48.0 Å². The maximum Gasteiger partial charge on any atom is 0.326 e. The van der Waals surface area contributed by atoms with Gasteiger partial charge >= 0.3 is 5.97 Å². The van der Waals surface area contributed by atoms with Gasteiger partial charge in [-0.05, 0) is 68.8 Å². The van der Waals surface area contributed by atoms with Crippen molar-refractivity contribution in [3.63, 3.8) is 0 Å². The number of rotatable bonds is 8. The zero-order valence-corrected chi connectivity index (χ0v) is 17.4. The van der Waals surface area contributed by atoms with Gasteiger partial charge in [0.15, 0.2) is 0 Å². The molecular weight excluding hydrogens is 382 g/mol. The number of anilines is 1. The first-order valence-corrected chi connectivity index (χ1v) is 10.1. The Kier molecular flexibility index (Phi) is 6.90. The fourth-order valence-electron chi connectivity index (χ4n) is 2.60. The van der Waals surface area contributed by atoms with Crippen LogP contribution in [0, 0.1) is 6.92 Å². The van der Waals surface area contributed by atoms with E-state index >= 15 is 0 Å². The molecule has 0 bridgehead atoms. The van der Waals surface area contributed by atoms with Crippen molar-refractivity contribution in [2.75, 3.05) is 25.1 Å². The number of esters is 1. The van der Waals surface area contributed by atoms with Crippen molar-refractivity contribution < 1.29 is 27.4 Å². The van der Waals surface area contributed by atoms with Gasteiger partial charge in [0.05, 0.1) is 30.9 Å². The number of sulfonamides is 1. The molecule has 0 aliphatic carbocycles. The smallest absolute Gasteiger partial charge is 0.326 e. The molecule has 2 aromatic rings. The fraction of sp³-hybridized carbons (Fsp3) is 0.350. The van der Waals surface area contributed by atoms with Gasteiger partial charge in [-0.1, -0.05) is 0 Å². The lowest BCUT2D eigenvalue weighted by atomic mass is 10.2. The number of benzene rings is 2. The highest BCUT2D eigenvalue weighted by Gasteiger charge is 2.28. The first-order chi connectivity index (χ1) is 13.2. The lowest BCUT2D eigenvalue weighted by molar-refractivity contribution is -0.138. The summed E-state index contributed by atoms with van der Waals surface area (Å²) >= 11 is 0. The molecule has 0 aliphatic rings. The molecule has 0 saturated heterocycles. The number of nitrogens with zero attached hydrogens (tertiary/aromatic N) is 1. The Hall–Kier alpha value is -2.74. The second-order valence-electron chi connectivity index (χ2n) is 6.38. The average Bonchev–Trinajstić information content (AvgIpc) is 2.66. The third kappa shape index (κ3) is 4.95. The predicted octanol–water partition coefficient (Wildman–Crippen LogP) is 3.16. The number of methoxy groups -OCH3 is 2. The molecule has 7 nitrogen and oxygen atoms in total. The monoisotopic (exact) mass is 407 g/mol. The molecule has 0 radical (unpaired) electrons. The van der Waals surface area contributed by atoms with Crippen LogP contribution in [0.25, 0.3) is 0 Å². The van der Waals surface area contributed by atoms with E-state index < -0.39 is 22.5 Å². The van der Waals surface area contributed by atoms with E-state index in [0.717, 1.165) is 4.31 Å². The number of aryl methyl sites for hydroxylation is 1. The minimum absolute atomic E-state index is 0.0111. The molecule has 0 N–H and O–H groups in total. The second kappa shape index (κ2) is 8.97. The van der Waals surface area contributed by atoms with Gasteiger partial charge in [-0.15, -0.1) is 0 Å². The molecule has 0 heterocycles. The van der Waals surface area contributed by atoms with Crippen molar-refractivity contribution in [1.82, 2.24) is 0 Å². The van der Waals surface area contributed by atoms with E-state index in [4.69, 9.17) is 9.47 Å². The van der Waals surface area contributed by atoms with E-state index in [1.54, 1.807) is 37.3 Å². The van der Waals surface area contributed by atoms with Crippen LogP contribution in [0.3, 0.4) is 0 Å². The summed E-state index contributed by atoms with van der Waals surface area (Å²) < 4.78 is 43.0. The molecule has 28 heavy (non-hydrogen) atoms. The van der Waals surface area contributed by atoms with Crippen molar-refractivity contribution in [2.45, 2.75) is 31.8 Å². The molecule has 0 amide bonds. The summed E-state index contributed by atoms with van der Waals surface area (Å²) in [7, 11) is -1.28. The maximum absolute atomic E-state index is 13.2. The third-order valence-electron chi connectivity index (χ3n) is 3.95. The Morgan fingerprint density at radius 2 is 1.71 bits per heavy atom. The molecule has 0 fully saturated rings. The first kappa shape index (κ1) is 21.6. The van der Waals surface area contributed by atoms with Crippen LogP contribution in [-0.2, 0) is 19.6 Å². The van der Waals surface area contributed by atoms with Crippen LogP contribution in [-0.4, -0.2) is 41.3 Å². The zero-order chi connectivity index (χ0) is 20.9. The van der Waals surface area contributed by atoms with E-state index in [1.165, 1.54) is 26.4 Å². The average molecular weight is 407 g/mol. The third-order valence-corrected chi connectivity index (χ3v) is 5.72. The summed E-state index contributed by atoms with van der Waals surface area (Å²) in [6, 6.07) is 11.0. The highest BCUT2D eigenvalue weighted by atomic mass is 32.2. The Morgan fingerprint density at radius 3 is 2.21 bits per heavy atom. The van der Waals surface area contributed by atoms with Gasteiger partial charge in [-0.3, -0.25) is 9.10 Å². The minimum atomic E-state index is -4.01.